The highest BCUT2D eigenvalue weighted by Gasteiger charge is 2.44. The number of rotatable bonds is 3. The minimum atomic E-state index is -0.509. The van der Waals surface area contributed by atoms with Crippen LogP contribution in [0, 0.1) is 0 Å². The molecule has 0 atom stereocenters. The van der Waals surface area contributed by atoms with Crippen molar-refractivity contribution in [3.63, 3.8) is 0 Å². The Hall–Kier alpha value is -1.95. The van der Waals surface area contributed by atoms with Gasteiger partial charge < -0.3 is 19.4 Å². The smallest absolute Gasteiger partial charge is 0.534 e. The van der Waals surface area contributed by atoms with E-state index < -0.39 is 18.3 Å². The maximum absolute atomic E-state index is 12.2. The quantitative estimate of drug-likeness (QED) is 0.840. The average Bonchev–Trinajstić information content (AvgIpc) is 2.75. The zero-order valence-corrected chi connectivity index (χ0v) is 16.3. The molecular weight excluding hydrogens is 329 g/mol. The Labute approximate surface area is 156 Å². The number of carbonyl (C=O) groups excluding carboxylic acids is 1. The van der Waals surface area contributed by atoms with Crippen molar-refractivity contribution in [2.45, 2.75) is 70.6 Å². The lowest BCUT2D eigenvalue weighted by atomic mass is 9.70. The lowest BCUT2D eigenvalue weighted by Crippen LogP contribution is -2.52. The summed E-state index contributed by atoms with van der Waals surface area (Å²) in [4.78, 5) is 12.2. The molecule has 140 valence electrons. The molecule has 2 fully saturated rings. The van der Waals surface area contributed by atoms with Gasteiger partial charge in [0.1, 0.15) is 11.2 Å². The first-order valence-corrected chi connectivity index (χ1v) is 9.16. The summed E-state index contributed by atoms with van der Waals surface area (Å²) in [5.41, 5.74) is 0.671. The Kier molecular flexibility index (Phi) is 4.59. The molecule has 1 saturated heterocycles. The van der Waals surface area contributed by atoms with Gasteiger partial charge in [0.2, 0.25) is 0 Å². The zero-order chi connectivity index (χ0) is 19.2. The Balaban J connectivity index is 1.73. The molecule has 1 aliphatic heterocycles. The fourth-order valence-electron chi connectivity index (χ4n) is 3.24. The summed E-state index contributed by atoms with van der Waals surface area (Å²) in [6.07, 6.45) is 2.53. The molecule has 5 nitrogen and oxygen atoms in total. The van der Waals surface area contributed by atoms with Crippen molar-refractivity contribution in [1.82, 2.24) is 5.32 Å². The molecule has 1 aliphatic carbocycles. The van der Waals surface area contributed by atoms with Crippen LogP contribution in [0.25, 0.3) is 0 Å². The minimum Gasteiger partial charge on any atom is -0.534 e. The first-order chi connectivity index (χ1) is 12.0. The van der Waals surface area contributed by atoms with E-state index in [1.807, 2.05) is 58.9 Å². The summed E-state index contributed by atoms with van der Waals surface area (Å²) < 4.78 is 17.1. The van der Waals surface area contributed by atoms with Crippen molar-refractivity contribution in [3.8, 4) is 0 Å². The molecule has 0 unspecified atom stereocenters. The maximum atomic E-state index is 12.2. The third-order valence-electron chi connectivity index (χ3n) is 5.01. The summed E-state index contributed by atoms with van der Waals surface area (Å²) in [5.74, 6) is 0.633. The first kappa shape index (κ1) is 18.8. The monoisotopic (exact) mass is 357 g/mol. The van der Waals surface area contributed by atoms with Gasteiger partial charge in [0.25, 0.3) is 0 Å². The molecule has 0 radical (unpaired) electrons. The summed E-state index contributed by atoms with van der Waals surface area (Å²) >= 11 is 0. The summed E-state index contributed by atoms with van der Waals surface area (Å²) in [5, 5.41) is 3.07. The van der Waals surface area contributed by atoms with E-state index >= 15 is 0 Å². The Morgan fingerprint density at radius 2 is 1.85 bits per heavy atom. The van der Waals surface area contributed by atoms with Gasteiger partial charge >= 0.3 is 13.2 Å². The molecule has 26 heavy (non-hydrogen) atoms. The number of amides is 1. The topological polar surface area (TPSA) is 56.8 Å². The predicted molar refractivity (Wildman–Crippen MR) is 102 cm³/mol. The van der Waals surface area contributed by atoms with Crippen molar-refractivity contribution in [1.29, 1.82) is 0 Å². The Morgan fingerprint density at radius 1 is 1.23 bits per heavy atom. The van der Waals surface area contributed by atoms with Crippen LogP contribution in [0.4, 0.5) is 4.79 Å². The second-order valence-corrected chi connectivity index (χ2v) is 8.69. The van der Waals surface area contributed by atoms with E-state index in [1.54, 1.807) is 0 Å². The van der Waals surface area contributed by atoms with Crippen LogP contribution in [0.2, 0.25) is 0 Å². The number of hydrogen-bond acceptors (Lipinski definition) is 4. The number of hydrogen-bond donors (Lipinski definition) is 1. The van der Waals surface area contributed by atoms with E-state index in [0.717, 1.165) is 30.3 Å². The van der Waals surface area contributed by atoms with Crippen molar-refractivity contribution >= 4 is 18.7 Å². The van der Waals surface area contributed by atoms with Crippen LogP contribution in [-0.4, -0.2) is 24.4 Å². The molecule has 3 rings (SSSR count). The van der Waals surface area contributed by atoms with Crippen LogP contribution in [0.1, 0.15) is 59.4 Å². The van der Waals surface area contributed by atoms with Gasteiger partial charge in [-0.15, -0.1) is 0 Å². The molecular formula is C20H28BNO4. The van der Waals surface area contributed by atoms with Gasteiger partial charge in [-0.25, -0.2) is 4.79 Å². The third-order valence-corrected chi connectivity index (χ3v) is 5.01. The lowest BCUT2D eigenvalue weighted by Gasteiger charge is -2.43. The van der Waals surface area contributed by atoms with Gasteiger partial charge in [-0.3, -0.25) is 0 Å². The van der Waals surface area contributed by atoms with Gasteiger partial charge in [-0.2, -0.15) is 0 Å². The Morgan fingerprint density at radius 3 is 2.27 bits per heavy atom. The highest BCUT2D eigenvalue weighted by atomic mass is 16.7. The largest absolute Gasteiger partial charge is 0.563 e. The number of nitrogens with one attached hydrogen (secondary N) is 1. The van der Waals surface area contributed by atoms with Gasteiger partial charge in [-0.05, 0) is 64.9 Å². The van der Waals surface area contributed by atoms with E-state index in [2.05, 4.69) is 11.9 Å². The highest BCUT2D eigenvalue weighted by molar-refractivity contribution is 6.62. The van der Waals surface area contributed by atoms with Gasteiger partial charge in [0.05, 0.1) is 11.3 Å². The summed E-state index contributed by atoms with van der Waals surface area (Å²) in [6.45, 7) is 13.4. The summed E-state index contributed by atoms with van der Waals surface area (Å²) in [6, 6.07) is 8.05. The van der Waals surface area contributed by atoms with Gasteiger partial charge in [0.15, 0.2) is 0 Å². The molecule has 1 heterocycles. The van der Waals surface area contributed by atoms with Crippen LogP contribution in [0.15, 0.2) is 36.6 Å². The van der Waals surface area contributed by atoms with Gasteiger partial charge in [-0.1, -0.05) is 30.8 Å². The maximum Gasteiger partial charge on any atom is 0.563 e. The zero-order valence-electron chi connectivity index (χ0n) is 16.3. The molecule has 1 saturated carbocycles. The number of benzene rings is 1. The van der Waals surface area contributed by atoms with E-state index in [9.17, 15) is 4.79 Å². The van der Waals surface area contributed by atoms with E-state index in [0.29, 0.717) is 5.76 Å². The van der Waals surface area contributed by atoms with Crippen LogP contribution in [0.3, 0.4) is 0 Å². The minimum absolute atomic E-state index is 0.346. The van der Waals surface area contributed by atoms with Crippen LogP contribution >= 0.6 is 0 Å². The van der Waals surface area contributed by atoms with Crippen molar-refractivity contribution in [2.75, 3.05) is 0 Å². The summed E-state index contributed by atoms with van der Waals surface area (Å²) in [7, 11) is -0.442. The Bertz CT molecular complexity index is 702. The lowest BCUT2D eigenvalue weighted by molar-refractivity contribution is 0.0377. The predicted octanol–water partition coefficient (Wildman–Crippen LogP) is 3.62. The van der Waals surface area contributed by atoms with Crippen LogP contribution < -0.4 is 10.8 Å². The fourth-order valence-corrected chi connectivity index (χ4v) is 3.24. The molecule has 2 aliphatic rings. The second kappa shape index (κ2) is 6.34. The molecule has 1 N–H and O–H groups in total. The SMILES string of the molecule is C=C1OB(c2ccc(C3(NC(=O)OC(C)(C)C)CCC3)cc2)OC1(C)C. The van der Waals surface area contributed by atoms with Crippen molar-refractivity contribution < 1.29 is 18.8 Å². The average molecular weight is 357 g/mol. The fraction of sp³-hybridized carbons (Fsp3) is 0.550. The molecule has 1 amide bonds. The molecule has 0 bridgehead atoms. The standard InChI is InChI=1S/C20H28BNO4/c1-14-19(5,6)26-21(25-14)16-10-8-15(9-11-16)20(12-7-13-20)22-17(23)24-18(2,3)4/h8-11H,1,7,12-13H2,2-6H3,(H,22,23). The number of ether oxygens (including phenoxy) is 1. The first-order valence-electron chi connectivity index (χ1n) is 9.16. The van der Waals surface area contributed by atoms with Crippen molar-refractivity contribution in [3.05, 3.63) is 42.2 Å². The highest BCUT2D eigenvalue weighted by Crippen LogP contribution is 2.41. The molecule has 0 spiro atoms. The third kappa shape index (κ3) is 3.75. The molecule has 1 aromatic rings. The van der Waals surface area contributed by atoms with Crippen molar-refractivity contribution in [2.24, 2.45) is 0 Å². The second-order valence-electron chi connectivity index (χ2n) is 8.69. The molecule has 1 aromatic carbocycles. The number of alkyl carbamates (subject to hydrolysis) is 1. The number of carbonyl (C=O) groups is 1. The van der Waals surface area contributed by atoms with Gasteiger partial charge in [0, 0.05) is 0 Å². The normalized spacial score (nSPS) is 21.0. The molecule has 6 heteroatoms. The van der Waals surface area contributed by atoms with E-state index in [-0.39, 0.29) is 11.6 Å². The van der Waals surface area contributed by atoms with Crippen LogP contribution in [-0.2, 0) is 19.6 Å². The van der Waals surface area contributed by atoms with E-state index in [4.69, 9.17) is 14.0 Å². The van der Waals surface area contributed by atoms with E-state index in [1.165, 1.54) is 0 Å². The van der Waals surface area contributed by atoms with Crippen LogP contribution in [0.5, 0.6) is 0 Å². The molecule has 0 aromatic heterocycles.